The Labute approximate surface area is 424 Å². The Morgan fingerprint density at radius 1 is 0.426 bits per heavy atom. The van der Waals surface area contributed by atoms with Gasteiger partial charge in [-0.05, 0) is 44.9 Å². The number of rotatable bonds is 56. The lowest BCUT2D eigenvalue weighted by molar-refractivity contribution is -0.151. The van der Waals surface area contributed by atoms with Gasteiger partial charge in [0.05, 0.1) is 25.2 Å². The van der Waals surface area contributed by atoms with E-state index in [9.17, 15) is 19.8 Å². The highest BCUT2D eigenvalue weighted by Crippen LogP contribution is 2.19. The van der Waals surface area contributed by atoms with E-state index in [-0.39, 0.29) is 24.9 Å². The number of aliphatic hydroxyl groups excluding tert-OH is 2. The van der Waals surface area contributed by atoms with Crippen molar-refractivity contribution in [3.05, 3.63) is 24.3 Å². The van der Waals surface area contributed by atoms with Gasteiger partial charge in [-0.3, -0.25) is 9.59 Å². The molecule has 0 radical (unpaired) electrons. The molecule has 1 amide bonds. The van der Waals surface area contributed by atoms with E-state index in [1.54, 1.807) is 0 Å². The molecule has 0 aliphatic heterocycles. The molecule has 0 aromatic rings. The minimum absolute atomic E-state index is 0.0509. The number of aliphatic hydroxyl groups is 2. The zero-order chi connectivity index (χ0) is 49.5. The zero-order valence-electron chi connectivity index (χ0n) is 46.0. The van der Waals surface area contributed by atoms with Gasteiger partial charge < -0.3 is 20.3 Å². The number of carbonyl (C=O) groups excluding carboxylic acids is 2. The van der Waals surface area contributed by atoms with E-state index in [0.717, 1.165) is 57.8 Å². The fourth-order valence-electron chi connectivity index (χ4n) is 9.67. The molecule has 6 nitrogen and oxygen atoms in total. The number of allylic oxidation sites excluding steroid dienone is 4. The van der Waals surface area contributed by atoms with Gasteiger partial charge in [0, 0.05) is 6.42 Å². The van der Waals surface area contributed by atoms with E-state index >= 15 is 0 Å². The topological polar surface area (TPSA) is 95.9 Å². The van der Waals surface area contributed by atoms with E-state index < -0.39 is 18.2 Å². The van der Waals surface area contributed by atoms with E-state index in [0.29, 0.717) is 19.3 Å². The van der Waals surface area contributed by atoms with Crippen LogP contribution in [-0.2, 0) is 14.3 Å². The van der Waals surface area contributed by atoms with Crippen LogP contribution in [0.2, 0.25) is 0 Å². The molecule has 3 atom stereocenters. The van der Waals surface area contributed by atoms with Crippen molar-refractivity contribution in [1.29, 1.82) is 0 Å². The van der Waals surface area contributed by atoms with Crippen LogP contribution >= 0.6 is 0 Å². The first kappa shape index (κ1) is 66.3. The van der Waals surface area contributed by atoms with Crippen molar-refractivity contribution in [2.24, 2.45) is 0 Å². The van der Waals surface area contributed by atoms with Gasteiger partial charge in [0.2, 0.25) is 5.91 Å². The van der Waals surface area contributed by atoms with Crippen LogP contribution in [0.4, 0.5) is 0 Å². The molecular weight excluding hydrogens is 839 g/mol. The van der Waals surface area contributed by atoms with Gasteiger partial charge in [0.25, 0.3) is 0 Å². The maximum atomic E-state index is 13.3. The zero-order valence-corrected chi connectivity index (χ0v) is 46.0. The highest BCUT2D eigenvalue weighted by atomic mass is 16.5. The third-order valence-electron chi connectivity index (χ3n) is 14.3. The molecule has 0 aliphatic rings. The second kappa shape index (κ2) is 56.3. The molecule has 3 unspecified atom stereocenters. The van der Waals surface area contributed by atoms with Crippen LogP contribution in [0.25, 0.3) is 0 Å². The molecule has 0 saturated carbocycles. The number of esters is 1. The summed E-state index contributed by atoms with van der Waals surface area (Å²) in [6.07, 6.45) is 66.9. The van der Waals surface area contributed by atoms with Crippen molar-refractivity contribution < 1.29 is 24.5 Å². The summed E-state index contributed by atoms with van der Waals surface area (Å²) in [4.78, 5) is 26.3. The molecule has 68 heavy (non-hydrogen) atoms. The number of hydrogen-bond donors (Lipinski definition) is 3. The summed E-state index contributed by atoms with van der Waals surface area (Å²) in [5.41, 5.74) is 0. The molecule has 402 valence electrons. The molecule has 0 spiro atoms. The molecule has 0 saturated heterocycles. The maximum Gasteiger partial charge on any atom is 0.306 e. The third kappa shape index (κ3) is 50.7. The number of carbonyl (C=O) groups is 2. The van der Waals surface area contributed by atoms with Gasteiger partial charge >= 0.3 is 5.97 Å². The largest absolute Gasteiger partial charge is 0.462 e. The second-order valence-corrected chi connectivity index (χ2v) is 21.1. The lowest BCUT2D eigenvalue weighted by Gasteiger charge is -2.24. The highest BCUT2D eigenvalue weighted by Gasteiger charge is 2.24. The number of ether oxygens (including phenoxy) is 1. The van der Waals surface area contributed by atoms with Crippen LogP contribution < -0.4 is 5.32 Å². The van der Waals surface area contributed by atoms with Gasteiger partial charge in [-0.25, -0.2) is 0 Å². The lowest BCUT2D eigenvalue weighted by Crippen LogP contribution is -2.46. The molecule has 0 aromatic heterocycles. The number of amides is 1. The van der Waals surface area contributed by atoms with Gasteiger partial charge in [-0.2, -0.15) is 0 Å². The summed E-state index contributed by atoms with van der Waals surface area (Å²) < 4.78 is 5.95. The summed E-state index contributed by atoms with van der Waals surface area (Å²) in [6, 6.07) is -0.712. The van der Waals surface area contributed by atoms with Crippen LogP contribution in [-0.4, -0.2) is 46.9 Å². The predicted molar refractivity (Wildman–Crippen MR) is 296 cm³/mol. The summed E-state index contributed by atoms with van der Waals surface area (Å²) in [5.74, 6) is -0.499. The normalized spacial score (nSPS) is 13.2. The van der Waals surface area contributed by atoms with Crippen molar-refractivity contribution in [2.75, 3.05) is 6.61 Å². The third-order valence-corrected chi connectivity index (χ3v) is 14.3. The fraction of sp³-hybridized carbons (Fsp3) is 0.903. The Hall–Kier alpha value is -1.66. The van der Waals surface area contributed by atoms with Crippen LogP contribution in [0.3, 0.4) is 0 Å². The second-order valence-electron chi connectivity index (χ2n) is 21.1. The van der Waals surface area contributed by atoms with Crippen LogP contribution in [0.5, 0.6) is 0 Å². The molecule has 6 heteroatoms. The van der Waals surface area contributed by atoms with Gasteiger partial charge in [0.1, 0.15) is 6.10 Å². The Balaban J connectivity index is 4.51. The van der Waals surface area contributed by atoms with Crippen LogP contribution in [0, 0.1) is 0 Å². The first-order valence-corrected chi connectivity index (χ1v) is 30.6. The number of unbranched alkanes of at least 4 members (excludes halogenated alkanes) is 41. The van der Waals surface area contributed by atoms with E-state index in [1.807, 2.05) is 0 Å². The van der Waals surface area contributed by atoms with Gasteiger partial charge in [0.15, 0.2) is 0 Å². The summed E-state index contributed by atoms with van der Waals surface area (Å²) in [7, 11) is 0. The molecule has 0 aliphatic carbocycles. The minimum Gasteiger partial charge on any atom is -0.462 e. The lowest BCUT2D eigenvalue weighted by atomic mass is 10.0. The Kier molecular flexibility index (Phi) is 54.9. The van der Waals surface area contributed by atoms with Crippen molar-refractivity contribution in [3.63, 3.8) is 0 Å². The van der Waals surface area contributed by atoms with Crippen LogP contribution in [0.1, 0.15) is 335 Å². The van der Waals surface area contributed by atoms with E-state index in [1.165, 1.54) is 231 Å². The van der Waals surface area contributed by atoms with Crippen LogP contribution in [0.15, 0.2) is 24.3 Å². The predicted octanol–water partition coefficient (Wildman–Crippen LogP) is 19.0. The highest BCUT2D eigenvalue weighted by molar-refractivity contribution is 5.77. The maximum absolute atomic E-state index is 13.3. The molecule has 3 N–H and O–H groups in total. The number of nitrogens with one attached hydrogen (secondary N) is 1. The Morgan fingerprint density at radius 2 is 0.750 bits per heavy atom. The van der Waals surface area contributed by atoms with E-state index in [2.05, 4.69) is 50.4 Å². The SMILES string of the molecule is CCCCCCCCC/C=C/C=C/CCCC(CC(=O)NC(CO)C(O)CCCCCCCCCCCCCCCCCC)OC(=O)CCCCCCCCCCCCCCCCCCCCC. The number of hydrogen-bond acceptors (Lipinski definition) is 5. The monoisotopic (exact) mass is 958 g/mol. The standard InChI is InChI=1S/C62H119NO5/c1-4-7-10-13-16-19-22-25-28-30-31-32-34-37-40-43-46-49-52-55-62(67)68-58(53-50-47-44-41-38-35-27-24-21-18-15-12-9-6-3)56-61(66)63-59(57-64)60(65)54-51-48-45-42-39-36-33-29-26-23-20-17-14-11-8-5-2/h35,38,41,44,58-60,64-65H,4-34,36-37,39-40,42-43,45-57H2,1-3H3,(H,63,66)/b38-35+,44-41+. The van der Waals surface area contributed by atoms with Gasteiger partial charge in [-0.1, -0.05) is 302 Å². The first-order valence-electron chi connectivity index (χ1n) is 30.6. The molecule has 0 heterocycles. The quantitative estimate of drug-likeness (QED) is 0.0321. The van der Waals surface area contributed by atoms with Crippen molar-refractivity contribution in [2.45, 2.75) is 354 Å². The Bertz CT molecular complexity index is 1080. The van der Waals surface area contributed by atoms with Gasteiger partial charge in [-0.15, -0.1) is 0 Å². The fourth-order valence-corrected chi connectivity index (χ4v) is 9.67. The smallest absolute Gasteiger partial charge is 0.306 e. The van der Waals surface area contributed by atoms with E-state index in [4.69, 9.17) is 4.74 Å². The first-order chi connectivity index (χ1) is 33.5. The summed E-state index contributed by atoms with van der Waals surface area (Å²) in [6.45, 7) is 6.52. The van der Waals surface area contributed by atoms with Crippen molar-refractivity contribution >= 4 is 11.9 Å². The van der Waals surface area contributed by atoms with Crippen molar-refractivity contribution in [1.82, 2.24) is 5.32 Å². The molecule has 0 aromatic carbocycles. The molecule has 0 rings (SSSR count). The summed E-state index contributed by atoms with van der Waals surface area (Å²) >= 11 is 0. The average molecular weight is 959 g/mol. The molecule has 0 fully saturated rings. The molecular formula is C62H119NO5. The average Bonchev–Trinajstić information content (AvgIpc) is 3.33. The van der Waals surface area contributed by atoms with Crippen molar-refractivity contribution in [3.8, 4) is 0 Å². The molecule has 0 bridgehead atoms. The summed E-state index contributed by atoms with van der Waals surface area (Å²) in [5, 5.41) is 23.9. The Morgan fingerprint density at radius 3 is 1.12 bits per heavy atom. The minimum atomic E-state index is -0.796.